The van der Waals surface area contributed by atoms with E-state index in [2.05, 4.69) is 187 Å². The molecule has 0 atom stereocenters. The molecular weight excluding hydrogens is 671 g/mol. The van der Waals surface area contributed by atoms with Crippen LogP contribution in [0.2, 0.25) is 0 Å². The summed E-state index contributed by atoms with van der Waals surface area (Å²) in [7, 11) is 0. The first kappa shape index (κ1) is 31.2. The maximum atomic E-state index is 6.98. The fourth-order valence-electron chi connectivity index (χ4n) is 8.21. The largest absolute Gasteiger partial charge is 0.455 e. The Labute approximate surface area is 317 Å². The van der Waals surface area contributed by atoms with Gasteiger partial charge in [0.15, 0.2) is 5.58 Å². The standard InChI is InChI=1S/C52H33NO2/c1-2-13-36(14-3-1)42-19-9-22-46-47-23-11-24-48(52(47)55-51(42)46)53(40-30-28-35(29-31-40)38-27-26-34-12-4-5-15-37(34)32-38)41-17-8-16-39(33-41)43-20-10-21-45-44-18-6-7-25-49(44)54-50(43)45/h1-33H. The highest BCUT2D eigenvalue weighted by molar-refractivity contribution is 6.14. The summed E-state index contributed by atoms with van der Waals surface area (Å²) in [6.45, 7) is 0. The molecule has 3 nitrogen and oxygen atoms in total. The molecular formula is C52H33NO2. The highest BCUT2D eigenvalue weighted by Crippen LogP contribution is 2.45. The van der Waals surface area contributed by atoms with Gasteiger partial charge in [-0.25, -0.2) is 0 Å². The molecule has 0 N–H and O–H groups in total. The Morgan fingerprint density at radius 2 is 0.909 bits per heavy atom. The maximum Gasteiger partial charge on any atom is 0.159 e. The molecule has 0 saturated heterocycles. The number of rotatable bonds is 6. The van der Waals surface area contributed by atoms with Gasteiger partial charge in [-0.2, -0.15) is 0 Å². The molecule has 3 heteroatoms. The zero-order chi connectivity index (χ0) is 36.3. The third-order valence-electron chi connectivity index (χ3n) is 10.9. The van der Waals surface area contributed by atoms with Gasteiger partial charge in [0.25, 0.3) is 0 Å². The molecule has 258 valence electrons. The minimum atomic E-state index is 0.837. The molecule has 0 bridgehead atoms. The third kappa shape index (κ3) is 5.20. The molecule has 0 aliphatic carbocycles. The molecule has 0 aliphatic rings. The molecule has 0 radical (unpaired) electrons. The fourth-order valence-corrected chi connectivity index (χ4v) is 8.21. The maximum absolute atomic E-state index is 6.98. The molecule has 2 heterocycles. The summed E-state index contributed by atoms with van der Waals surface area (Å²) >= 11 is 0. The molecule has 0 fully saturated rings. The van der Waals surface area contributed by atoms with Gasteiger partial charge in [-0.05, 0) is 75.5 Å². The molecule has 0 spiro atoms. The molecule has 0 amide bonds. The average molecular weight is 704 g/mol. The first-order valence-corrected chi connectivity index (χ1v) is 18.7. The topological polar surface area (TPSA) is 29.5 Å². The van der Waals surface area contributed by atoms with E-state index in [1.807, 2.05) is 18.2 Å². The van der Waals surface area contributed by atoms with Gasteiger partial charge >= 0.3 is 0 Å². The van der Waals surface area contributed by atoms with Gasteiger partial charge < -0.3 is 13.7 Å². The predicted molar refractivity (Wildman–Crippen MR) is 229 cm³/mol. The smallest absolute Gasteiger partial charge is 0.159 e. The van der Waals surface area contributed by atoms with E-state index >= 15 is 0 Å². The van der Waals surface area contributed by atoms with Crippen molar-refractivity contribution in [1.82, 2.24) is 0 Å². The van der Waals surface area contributed by atoms with E-state index in [1.54, 1.807) is 0 Å². The van der Waals surface area contributed by atoms with Crippen LogP contribution in [0.4, 0.5) is 17.1 Å². The van der Waals surface area contributed by atoms with Crippen LogP contribution in [0.5, 0.6) is 0 Å². The van der Waals surface area contributed by atoms with E-state index < -0.39 is 0 Å². The summed E-state index contributed by atoms with van der Waals surface area (Å²) in [5.74, 6) is 0. The predicted octanol–water partition coefficient (Wildman–Crippen LogP) is 15.1. The molecule has 11 rings (SSSR count). The molecule has 2 aromatic heterocycles. The van der Waals surface area contributed by atoms with Gasteiger partial charge in [0.05, 0.1) is 5.69 Å². The van der Waals surface area contributed by atoms with Crippen molar-refractivity contribution in [1.29, 1.82) is 0 Å². The number of fused-ring (bicyclic) bond motifs is 7. The lowest BCUT2D eigenvalue weighted by atomic mass is 10.00. The lowest BCUT2D eigenvalue weighted by molar-refractivity contribution is 0.669. The molecule has 0 unspecified atom stereocenters. The Kier molecular flexibility index (Phi) is 7.17. The summed E-state index contributed by atoms with van der Waals surface area (Å²) in [4.78, 5) is 2.32. The summed E-state index contributed by atoms with van der Waals surface area (Å²) in [6, 6.07) is 70.8. The van der Waals surface area contributed by atoms with Crippen molar-refractivity contribution in [2.75, 3.05) is 4.90 Å². The van der Waals surface area contributed by atoms with Crippen LogP contribution in [0.15, 0.2) is 209 Å². The van der Waals surface area contributed by atoms with Gasteiger partial charge in [-0.3, -0.25) is 0 Å². The summed E-state index contributed by atoms with van der Waals surface area (Å²) in [6.07, 6.45) is 0. The SMILES string of the molecule is c1ccc(-c2cccc3c2oc2c(N(c4ccc(-c5ccc6ccccc6c5)cc4)c4cccc(-c5cccc6c5oc5ccccc56)c4)cccc23)cc1. The van der Waals surface area contributed by atoms with Crippen molar-refractivity contribution in [2.45, 2.75) is 0 Å². The Bertz CT molecular complexity index is 3210. The van der Waals surface area contributed by atoms with Crippen LogP contribution in [0.1, 0.15) is 0 Å². The Morgan fingerprint density at radius 1 is 0.309 bits per heavy atom. The van der Waals surface area contributed by atoms with Crippen molar-refractivity contribution < 1.29 is 8.83 Å². The van der Waals surface area contributed by atoms with Crippen LogP contribution in [0.25, 0.3) is 88.0 Å². The monoisotopic (exact) mass is 703 g/mol. The number of para-hydroxylation sites is 4. The van der Waals surface area contributed by atoms with Crippen LogP contribution in [-0.4, -0.2) is 0 Å². The molecule has 55 heavy (non-hydrogen) atoms. The number of anilines is 3. The Morgan fingerprint density at radius 3 is 1.75 bits per heavy atom. The lowest BCUT2D eigenvalue weighted by Crippen LogP contribution is -2.10. The van der Waals surface area contributed by atoms with Gasteiger partial charge in [0.2, 0.25) is 0 Å². The number of hydrogen-bond donors (Lipinski definition) is 0. The van der Waals surface area contributed by atoms with Crippen LogP contribution >= 0.6 is 0 Å². The highest BCUT2D eigenvalue weighted by atomic mass is 16.3. The second-order valence-electron chi connectivity index (χ2n) is 14.1. The van der Waals surface area contributed by atoms with E-state index in [-0.39, 0.29) is 0 Å². The minimum absolute atomic E-state index is 0.837. The fraction of sp³-hybridized carbons (Fsp3) is 0. The van der Waals surface area contributed by atoms with Crippen LogP contribution < -0.4 is 4.90 Å². The normalized spacial score (nSPS) is 11.6. The number of furan rings is 2. The zero-order valence-electron chi connectivity index (χ0n) is 29.8. The number of hydrogen-bond acceptors (Lipinski definition) is 3. The second kappa shape index (κ2) is 12.6. The van der Waals surface area contributed by atoms with E-state index in [1.165, 1.54) is 16.3 Å². The van der Waals surface area contributed by atoms with E-state index in [4.69, 9.17) is 8.83 Å². The zero-order valence-corrected chi connectivity index (χ0v) is 29.8. The van der Waals surface area contributed by atoms with Crippen LogP contribution in [0, 0.1) is 0 Å². The van der Waals surface area contributed by atoms with Crippen LogP contribution in [-0.2, 0) is 0 Å². The molecule has 9 aromatic carbocycles. The molecule has 0 aliphatic heterocycles. The minimum Gasteiger partial charge on any atom is -0.455 e. The van der Waals surface area contributed by atoms with Gasteiger partial charge in [-0.15, -0.1) is 0 Å². The first-order chi connectivity index (χ1) is 27.3. The van der Waals surface area contributed by atoms with Crippen molar-refractivity contribution >= 4 is 71.7 Å². The number of nitrogens with zero attached hydrogens (tertiary/aromatic N) is 1. The van der Waals surface area contributed by atoms with Gasteiger partial charge in [0.1, 0.15) is 16.7 Å². The van der Waals surface area contributed by atoms with Crippen molar-refractivity contribution in [3.8, 4) is 33.4 Å². The van der Waals surface area contributed by atoms with Gasteiger partial charge in [0, 0.05) is 44.0 Å². The van der Waals surface area contributed by atoms with E-state index in [9.17, 15) is 0 Å². The molecule has 11 aromatic rings. The van der Waals surface area contributed by atoms with Crippen molar-refractivity contribution in [3.63, 3.8) is 0 Å². The van der Waals surface area contributed by atoms with Crippen molar-refractivity contribution in [3.05, 3.63) is 200 Å². The quantitative estimate of drug-likeness (QED) is 0.173. The Balaban J connectivity index is 1.10. The highest BCUT2D eigenvalue weighted by Gasteiger charge is 2.22. The third-order valence-corrected chi connectivity index (χ3v) is 10.9. The number of benzene rings is 9. The summed E-state index contributed by atoms with van der Waals surface area (Å²) in [5.41, 5.74) is 13.2. The lowest BCUT2D eigenvalue weighted by Gasteiger charge is -2.26. The summed E-state index contributed by atoms with van der Waals surface area (Å²) < 4.78 is 13.5. The van der Waals surface area contributed by atoms with E-state index in [0.717, 1.165) is 88.8 Å². The average Bonchev–Trinajstić information content (AvgIpc) is 3.84. The molecule has 0 saturated carbocycles. The van der Waals surface area contributed by atoms with E-state index in [0.29, 0.717) is 0 Å². The van der Waals surface area contributed by atoms with Crippen LogP contribution in [0.3, 0.4) is 0 Å². The first-order valence-electron chi connectivity index (χ1n) is 18.7. The van der Waals surface area contributed by atoms with Gasteiger partial charge in [-0.1, -0.05) is 158 Å². The second-order valence-corrected chi connectivity index (χ2v) is 14.1. The van der Waals surface area contributed by atoms with Crippen molar-refractivity contribution in [2.24, 2.45) is 0 Å². The summed E-state index contributed by atoms with van der Waals surface area (Å²) in [5, 5.41) is 6.87. The Hall–Kier alpha value is -7.36.